The fraction of sp³-hybridized carbons (Fsp3) is 0.231. The molecule has 1 fully saturated rings. The Kier molecular flexibility index (Phi) is 7.91. The van der Waals surface area contributed by atoms with Gasteiger partial charge in [-0.2, -0.15) is 18.2 Å². The van der Waals surface area contributed by atoms with Crippen molar-refractivity contribution in [1.29, 1.82) is 0 Å². The maximum absolute atomic E-state index is 13.8. The van der Waals surface area contributed by atoms with Crippen LogP contribution in [-0.2, 0) is 6.18 Å². The maximum Gasteiger partial charge on any atom is 0.416 e. The number of likely N-dealkylation sites (tertiary alicyclic amines) is 1. The predicted octanol–water partition coefficient (Wildman–Crippen LogP) is 4.61. The molecule has 1 aliphatic rings. The van der Waals surface area contributed by atoms with E-state index in [2.05, 4.69) is 22.6 Å². The highest BCUT2D eigenvalue weighted by molar-refractivity contribution is 7.80. The quantitative estimate of drug-likeness (QED) is 0.245. The Morgan fingerprint density at radius 2 is 1.66 bits per heavy atom. The van der Waals surface area contributed by atoms with Crippen molar-refractivity contribution in [2.24, 2.45) is 16.5 Å². The van der Waals surface area contributed by atoms with Crippen LogP contribution in [0.15, 0.2) is 70.7 Å². The zero-order valence-corrected chi connectivity index (χ0v) is 20.9. The van der Waals surface area contributed by atoms with Gasteiger partial charge in [-0.3, -0.25) is 9.59 Å². The summed E-state index contributed by atoms with van der Waals surface area (Å²) in [6.45, 7) is 0.535. The Labute approximate surface area is 221 Å². The van der Waals surface area contributed by atoms with Gasteiger partial charge in [0.05, 0.1) is 11.1 Å². The molecule has 3 aromatic rings. The van der Waals surface area contributed by atoms with Crippen LogP contribution >= 0.6 is 12.6 Å². The average molecular weight is 544 g/mol. The molecule has 12 heteroatoms. The van der Waals surface area contributed by atoms with E-state index >= 15 is 0 Å². The number of piperidine rings is 1. The number of carbonyl (C=O) groups is 2. The lowest BCUT2D eigenvalue weighted by atomic mass is 9.85. The fourth-order valence-electron chi connectivity index (χ4n) is 4.25. The number of rotatable bonds is 5. The number of thiol groups is 1. The molecule has 0 radical (unpaired) electrons. The van der Waals surface area contributed by atoms with Crippen LogP contribution in [0.4, 0.5) is 13.2 Å². The first-order chi connectivity index (χ1) is 18.0. The second kappa shape index (κ2) is 11.1. The Bertz CT molecular complexity index is 1350. The minimum atomic E-state index is -4.68. The van der Waals surface area contributed by atoms with E-state index in [1.54, 1.807) is 41.3 Å². The molecule has 0 aliphatic carbocycles. The summed E-state index contributed by atoms with van der Waals surface area (Å²) in [5.41, 5.74) is 9.57. The predicted molar refractivity (Wildman–Crippen MR) is 137 cm³/mol. The van der Waals surface area contributed by atoms with Gasteiger partial charge in [0.2, 0.25) is 5.88 Å². The van der Waals surface area contributed by atoms with Crippen LogP contribution in [0.2, 0.25) is 0 Å². The van der Waals surface area contributed by atoms with Crippen LogP contribution in [0.5, 0.6) is 11.6 Å². The topological polar surface area (TPSA) is 124 Å². The SMILES string of the molecule is NC(N)=NC(=O)c1ccc(C2CCN(C(=O)c3ccc(Oc4ccc(S)cc4)nc3)CC2)c(C(F)(F)F)c1. The number of aliphatic imine (C=N–C) groups is 1. The molecule has 8 nitrogen and oxygen atoms in total. The van der Waals surface area contributed by atoms with Crippen LogP contribution in [-0.4, -0.2) is 40.7 Å². The average Bonchev–Trinajstić information content (AvgIpc) is 2.89. The van der Waals surface area contributed by atoms with E-state index in [9.17, 15) is 22.8 Å². The molecular formula is C26H24F3N5O3S. The largest absolute Gasteiger partial charge is 0.439 e. The Morgan fingerprint density at radius 1 is 1.00 bits per heavy atom. The number of carbonyl (C=O) groups excluding carboxylic acids is 2. The molecule has 0 saturated carbocycles. The summed E-state index contributed by atoms with van der Waals surface area (Å²) < 4.78 is 47.2. The van der Waals surface area contributed by atoms with Crippen molar-refractivity contribution in [2.75, 3.05) is 13.1 Å². The summed E-state index contributed by atoms with van der Waals surface area (Å²) in [7, 11) is 0. The fourth-order valence-corrected chi connectivity index (χ4v) is 4.40. The third kappa shape index (κ3) is 6.43. The van der Waals surface area contributed by atoms with E-state index in [0.717, 1.165) is 11.0 Å². The number of pyridine rings is 1. The summed E-state index contributed by atoms with van der Waals surface area (Å²) in [4.78, 5) is 34.9. The van der Waals surface area contributed by atoms with Crippen molar-refractivity contribution in [1.82, 2.24) is 9.88 Å². The number of halogens is 3. The Morgan fingerprint density at radius 3 is 2.24 bits per heavy atom. The van der Waals surface area contributed by atoms with Gasteiger partial charge in [0, 0.05) is 35.8 Å². The molecule has 0 unspecified atom stereocenters. The molecule has 0 bridgehead atoms. The number of benzene rings is 2. The number of nitrogens with zero attached hydrogens (tertiary/aromatic N) is 3. The molecule has 2 heterocycles. The second-order valence-electron chi connectivity index (χ2n) is 8.69. The number of hydrogen-bond donors (Lipinski definition) is 3. The zero-order valence-electron chi connectivity index (χ0n) is 20.0. The van der Waals surface area contributed by atoms with E-state index in [4.69, 9.17) is 16.2 Å². The molecule has 1 aliphatic heterocycles. The summed E-state index contributed by atoms with van der Waals surface area (Å²) in [6.07, 6.45) is -2.62. The van der Waals surface area contributed by atoms with Crippen molar-refractivity contribution >= 4 is 30.4 Å². The van der Waals surface area contributed by atoms with Gasteiger partial charge in [0.1, 0.15) is 5.75 Å². The molecule has 198 valence electrons. The van der Waals surface area contributed by atoms with Gasteiger partial charge in [0.25, 0.3) is 11.8 Å². The molecular weight excluding hydrogens is 519 g/mol. The van der Waals surface area contributed by atoms with Crippen molar-refractivity contribution < 1.29 is 27.5 Å². The van der Waals surface area contributed by atoms with E-state index < -0.39 is 29.5 Å². The van der Waals surface area contributed by atoms with E-state index in [1.165, 1.54) is 18.3 Å². The minimum Gasteiger partial charge on any atom is -0.439 e. The highest BCUT2D eigenvalue weighted by Gasteiger charge is 2.37. The van der Waals surface area contributed by atoms with Crippen molar-refractivity contribution in [2.45, 2.75) is 29.8 Å². The van der Waals surface area contributed by atoms with Gasteiger partial charge in [-0.25, -0.2) is 4.98 Å². The van der Waals surface area contributed by atoms with Gasteiger partial charge < -0.3 is 21.1 Å². The molecule has 1 aromatic heterocycles. The van der Waals surface area contributed by atoms with E-state index in [1.807, 2.05) is 0 Å². The normalized spacial score (nSPS) is 14.2. The third-order valence-corrected chi connectivity index (χ3v) is 6.40. The summed E-state index contributed by atoms with van der Waals surface area (Å²) >= 11 is 4.22. The Hall–Kier alpha value is -4.06. The lowest BCUT2D eigenvalue weighted by Gasteiger charge is -2.33. The van der Waals surface area contributed by atoms with Crippen molar-refractivity contribution in [3.05, 3.63) is 83.0 Å². The lowest BCUT2D eigenvalue weighted by Crippen LogP contribution is -2.38. The summed E-state index contributed by atoms with van der Waals surface area (Å²) in [5.74, 6) is -1.32. The number of amides is 2. The minimum absolute atomic E-state index is 0.0694. The van der Waals surface area contributed by atoms with Gasteiger partial charge in [-0.1, -0.05) is 6.07 Å². The van der Waals surface area contributed by atoms with Crippen molar-refractivity contribution in [3.8, 4) is 11.6 Å². The molecule has 38 heavy (non-hydrogen) atoms. The van der Waals surface area contributed by atoms with E-state index in [0.29, 0.717) is 30.0 Å². The highest BCUT2D eigenvalue weighted by Crippen LogP contribution is 2.39. The molecule has 2 amide bonds. The molecule has 0 spiro atoms. The van der Waals surface area contributed by atoms with Crippen LogP contribution in [0.1, 0.15) is 50.6 Å². The van der Waals surface area contributed by atoms with Gasteiger partial charge >= 0.3 is 6.18 Å². The molecule has 0 atom stereocenters. The van der Waals surface area contributed by atoms with Crippen LogP contribution in [0.25, 0.3) is 0 Å². The zero-order chi connectivity index (χ0) is 27.4. The molecule has 2 aromatic carbocycles. The second-order valence-corrected chi connectivity index (χ2v) is 9.21. The third-order valence-electron chi connectivity index (χ3n) is 6.10. The van der Waals surface area contributed by atoms with E-state index in [-0.39, 0.29) is 30.1 Å². The number of hydrogen-bond acceptors (Lipinski definition) is 5. The smallest absolute Gasteiger partial charge is 0.416 e. The summed E-state index contributed by atoms with van der Waals surface area (Å²) in [6, 6.07) is 13.5. The number of alkyl halides is 3. The Balaban J connectivity index is 1.42. The number of guanidine groups is 1. The highest BCUT2D eigenvalue weighted by atomic mass is 32.1. The van der Waals surface area contributed by atoms with Crippen LogP contribution < -0.4 is 16.2 Å². The molecule has 4 rings (SSSR count). The monoisotopic (exact) mass is 543 g/mol. The van der Waals surface area contributed by atoms with Crippen LogP contribution in [0.3, 0.4) is 0 Å². The first kappa shape index (κ1) is 27.0. The molecule has 4 N–H and O–H groups in total. The number of aromatic nitrogens is 1. The lowest BCUT2D eigenvalue weighted by molar-refractivity contribution is -0.138. The van der Waals surface area contributed by atoms with Gasteiger partial charge in [0.15, 0.2) is 5.96 Å². The first-order valence-electron chi connectivity index (χ1n) is 11.6. The molecule has 1 saturated heterocycles. The maximum atomic E-state index is 13.8. The summed E-state index contributed by atoms with van der Waals surface area (Å²) in [5, 5.41) is 0. The standard InChI is InChI=1S/C26H24F3N5O3S/c27-26(28,29)21-13-16(23(35)33-25(30)31)1-7-20(21)15-9-11-34(12-10-15)24(36)17-2-8-22(32-14-17)37-18-3-5-19(38)6-4-18/h1-8,13-15,38H,9-12H2,(H4,30,31,33,35). The van der Waals surface area contributed by atoms with Crippen LogP contribution in [0, 0.1) is 0 Å². The number of ether oxygens (including phenoxy) is 1. The first-order valence-corrected chi connectivity index (χ1v) is 12.0. The van der Waals surface area contributed by atoms with Gasteiger partial charge in [-0.15, -0.1) is 12.6 Å². The van der Waals surface area contributed by atoms with Gasteiger partial charge in [-0.05, 0) is 66.8 Å². The number of nitrogens with two attached hydrogens (primary N) is 2. The van der Waals surface area contributed by atoms with Crippen molar-refractivity contribution in [3.63, 3.8) is 0 Å².